The minimum absolute atomic E-state index is 0.216. The first-order chi connectivity index (χ1) is 11.8. The van der Waals surface area contributed by atoms with Gasteiger partial charge in [0.1, 0.15) is 0 Å². The number of carbonyl (C=O) groups excluding carboxylic acids is 1. The predicted octanol–water partition coefficient (Wildman–Crippen LogP) is 3.96. The van der Waals surface area contributed by atoms with Gasteiger partial charge in [-0.25, -0.2) is 0 Å². The smallest absolute Gasteiger partial charge is 0.262 e. The molecule has 24 heavy (non-hydrogen) atoms. The number of aromatic nitrogens is 1. The lowest BCUT2D eigenvalue weighted by molar-refractivity contribution is -0.116. The molecule has 0 aliphatic rings. The number of carbonyl (C=O) groups is 1. The van der Waals surface area contributed by atoms with Crippen molar-refractivity contribution in [3.63, 3.8) is 0 Å². The van der Waals surface area contributed by atoms with E-state index in [2.05, 4.69) is 10.4 Å². The number of rotatable bonds is 5. The topological polar surface area (TPSA) is 45.2 Å². The molecule has 4 nitrogen and oxygen atoms in total. The van der Waals surface area contributed by atoms with Crippen molar-refractivity contribution < 1.29 is 4.79 Å². The summed E-state index contributed by atoms with van der Waals surface area (Å²) in [6, 6.07) is 23.1. The zero-order valence-electron chi connectivity index (χ0n) is 13.0. The average molecular weight is 315 g/mol. The third kappa shape index (κ3) is 4.08. The highest BCUT2D eigenvalue weighted by Crippen LogP contribution is 2.22. The molecule has 0 fully saturated rings. The molecule has 1 amide bonds. The second-order valence-corrected chi connectivity index (χ2v) is 5.10. The molecule has 118 valence electrons. The summed E-state index contributed by atoms with van der Waals surface area (Å²) in [6.07, 6.45) is 6.63. The number of nitrogens with one attached hydrogen (secondary N) is 1. The Labute approximate surface area is 141 Å². The molecule has 0 spiro atoms. The van der Waals surface area contributed by atoms with Crippen molar-refractivity contribution in [2.75, 3.05) is 5.01 Å². The van der Waals surface area contributed by atoms with E-state index in [1.807, 2.05) is 72.8 Å². The molecule has 0 radical (unpaired) electrons. The van der Waals surface area contributed by atoms with Crippen molar-refractivity contribution in [1.82, 2.24) is 10.4 Å². The van der Waals surface area contributed by atoms with Gasteiger partial charge in [-0.3, -0.25) is 20.2 Å². The van der Waals surface area contributed by atoms with Gasteiger partial charge >= 0.3 is 0 Å². The van der Waals surface area contributed by atoms with E-state index in [0.29, 0.717) is 0 Å². The van der Waals surface area contributed by atoms with Gasteiger partial charge in [-0.15, -0.1) is 0 Å². The lowest BCUT2D eigenvalue weighted by Crippen LogP contribution is -2.37. The summed E-state index contributed by atoms with van der Waals surface area (Å²) in [6.45, 7) is 0. The summed E-state index contributed by atoms with van der Waals surface area (Å²) in [5.74, 6) is -0.216. The number of pyridine rings is 1. The van der Waals surface area contributed by atoms with Crippen molar-refractivity contribution >= 4 is 23.4 Å². The molecule has 0 saturated carbocycles. The maximum absolute atomic E-state index is 12.3. The number of anilines is 2. The Morgan fingerprint density at radius 1 is 0.875 bits per heavy atom. The van der Waals surface area contributed by atoms with Crippen LogP contribution in [0.5, 0.6) is 0 Å². The Bertz CT molecular complexity index is 763. The maximum atomic E-state index is 12.3. The SMILES string of the molecule is O=C(C=Cc1cccnc1)NN(c1ccccc1)c1ccccc1. The van der Waals surface area contributed by atoms with Gasteiger partial charge < -0.3 is 0 Å². The van der Waals surface area contributed by atoms with Crippen LogP contribution < -0.4 is 10.4 Å². The number of hydrogen-bond acceptors (Lipinski definition) is 3. The van der Waals surface area contributed by atoms with E-state index < -0.39 is 0 Å². The molecule has 3 aromatic rings. The van der Waals surface area contributed by atoms with Crippen LogP contribution >= 0.6 is 0 Å². The van der Waals surface area contributed by atoms with E-state index in [9.17, 15) is 4.79 Å². The van der Waals surface area contributed by atoms with Crippen molar-refractivity contribution in [2.45, 2.75) is 0 Å². The molecule has 2 aromatic carbocycles. The molecule has 1 aromatic heterocycles. The van der Waals surface area contributed by atoms with Crippen LogP contribution in [0.4, 0.5) is 11.4 Å². The molecule has 0 unspecified atom stereocenters. The molecule has 3 rings (SSSR count). The number of hydrogen-bond donors (Lipinski definition) is 1. The summed E-state index contributed by atoms with van der Waals surface area (Å²) in [4.78, 5) is 16.3. The van der Waals surface area contributed by atoms with Crippen LogP contribution in [0.3, 0.4) is 0 Å². The molecule has 0 saturated heterocycles. The second-order valence-electron chi connectivity index (χ2n) is 5.10. The van der Waals surface area contributed by atoms with E-state index in [1.165, 1.54) is 6.08 Å². The Morgan fingerprint density at radius 2 is 1.50 bits per heavy atom. The molecular formula is C20H17N3O. The highest BCUT2D eigenvalue weighted by molar-refractivity contribution is 5.93. The van der Waals surface area contributed by atoms with Crippen LogP contribution in [-0.4, -0.2) is 10.9 Å². The van der Waals surface area contributed by atoms with Crippen LogP contribution in [0.15, 0.2) is 91.3 Å². The Kier molecular flexibility index (Phi) is 5.00. The van der Waals surface area contributed by atoms with Crippen LogP contribution in [0.2, 0.25) is 0 Å². The van der Waals surface area contributed by atoms with Gasteiger partial charge in [0.15, 0.2) is 0 Å². The van der Waals surface area contributed by atoms with Crippen molar-refractivity contribution in [3.8, 4) is 0 Å². The summed E-state index contributed by atoms with van der Waals surface area (Å²) in [5.41, 5.74) is 5.54. The first-order valence-corrected chi connectivity index (χ1v) is 7.62. The zero-order chi connectivity index (χ0) is 16.6. The van der Waals surface area contributed by atoms with Gasteiger partial charge in [-0.05, 0) is 42.0 Å². The minimum atomic E-state index is -0.216. The summed E-state index contributed by atoms with van der Waals surface area (Å²) in [5, 5.41) is 1.76. The summed E-state index contributed by atoms with van der Waals surface area (Å²) >= 11 is 0. The minimum Gasteiger partial charge on any atom is -0.268 e. The molecule has 4 heteroatoms. The average Bonchev–Trinajstić information content (AvgIpc) is 2.67. The second kappa shape index (κ2) is 7.74. The third-order valence-electron chi connectivity index (χ3n) is 3.36. The third-order valence-corrected chi connectivity index (χ3v) is 3.36. The van der Waals surface area contributed by atoms with Crippen LogP contribution in [0.1, 0.15) is 5.56 Å². The van der Waals surface area contributed by atoms with Gasteiger partial charge in [-0.2, -0.15) is 0 Å². The van der Waals surface area contributed by atoms with Gasteiger partial charge in [-0.1, -0.05) is 42.5 Å². The zero-order valence-corrected chi connectivity index (χ0v) is 13.0. The normalized spacial score (nSPS) is 10.5. The fourth-order valence-corrected chi connectivity index (χ4v) is 2.23. The quantitative estimate of drug-likeness (QED) is 0.572. The van der Waals surface area contributed by atoms with Crippen molar-refractivity contribution in [1.29, 1.82) is 0 Å². The lowest BCUT2D eigenvalue weighted by Gasteiger charge is -2.24. The van der Waals surface area contributed by atoms with Gasteiger partial charge in [0.05, 0.1) is 11.4 Å². The molecule has 0 atom stereocenters. The first-order valence-electron chi connectivity index (χ1n) is 7.62. The fourth-order valence-electron chi connectivity index (χ4n) is 2.23. The van der Waals surface area contributed by atoms with Crippen molar-refractivity contribution in [2.24, 2.45) is 0 Å². The van der Waals surface area contributed by atoms with Gasteiger partial charge in [0.25, 0.3) is 5.91 Å². The van der Waals surface area contributed by atoms with Crippen LogP contribution in [-0.2, 0) is 4.79 Å². The molecule has 0 aliphatic heterocycles. The number of amides is 1. The molecule has 1 N–H and O–H groups in total. The van der Waals surface area contributed by atoms with Crippen molar-refractivity contribution in [3.05, 3.63) is 96.8 Å². The summed E-state index contributed by atoms with van der Waals surface area (Å²) in [7, 11) is 0. The first kappa shape index (κ1) is 15.5. The number of nitrogens with zero attached hydrogens (tertiary/aromatic N) is 2. The van der Waals surface area contributed by atoms with E-state index in [1.54, 1.807) is 23.5 Å². The molecular weight excluding hydrogens is 298 g/mol. The number of para-hydroxylation sites is 2. The highest BCUT2D eigenvalue weighted by Gasteiger charge is 2.10. The lowest BCUT2D eigenvalue weighted by atomic mass is 10.2. The molecule has 0 aliphatic carbocycles. The van der Waals surface area contributed by atoms with E-state index in [-0.39, 0.29) is 5.91 Å². The van der Waals surface area contributed by atoms with Crippen LogP contribution in [0, 0.1) is 0 Å². The van der Waals surface area contributed by atoms with E-state index in [0.717, 1.165) is 16.9 Å². The van der Waals surface area contributed by atoms with Crippen LogP contribution in [0.25, 0.3) is 6.08 Å². The number of hydrazine groups is 1. The Balaban J connectivity index is 1.80. The standard InChI is InChI=1S/C20H17N3O/c24-20(14-13-17-8-7-15-21-16-17)22-23(18-9-3-1-4-10-18)19-11-5-2-6-12-19/h1-16H,(H,22,24). The Hall–Kier alpha value is -3.40. The van der Waals surface area contributed by atoms with E-state index >= 15 is 0 Å². The van der Waals surface area contributed by atoms with E-state index in [4.69, 9.17) is 0 Å². The van der Waals surface area contributed by atoms with Gasteiger partial charge in [0.2, 0.25) is 0 Å². The molecule has 0 bridgehead atoms. The largest absolute Gasteiger partial charge is 0.268 e. The monoisotopic (exact) mass is 315 g/mol. The predicted molar refractivity (Wildman–Crippen MR) is 96.4 cm³/mol. The Morgan fingerprint density at radius 3 is 2.04 bits per heavy atom. The fraction of sp³-hybridized carbons (Fsp3) is 0. The summed E-state index contributed by atoms with van der Waals surface area (Å²) < 4.78 is 0. The molecule has 1 heterocycles. The maximum Gasteiger partial charge on any atom is 0.262 e. The van der Waals surface area contributed by atoms with Gasteiger partial charge in [0, 0.05) is 18.5 Å². The highest BCUT2D eigenvalue weighted by atomic mass is 16.2. The number of benzene rings is 2.